The average Bonchev–Trinajstić information content (AvgIpc) is 3.37. The van der Waals surface area contributed by atoms with Gasteiger partial charge in [0.2, 0.25) is 5.91 Å². The molecule has 0 aliphatic heterocycles. The van der Waals surface area contributed by atoms with Gasteiger partial charge in [0.15, 0.2) is 0 Å². The number of benzene rings is 3. The monoisotopic (exact) mass is 557 g/mol. The summed E-state index contributed by atoms with van der Waals surface area (Å²) in [4.78, 5) is 33.8. The van der Waals surface area contributed by atoms with Crippen LogP contribution in [0.2, 0.25) is 0 Å². The number of halogens is 1. The van der Waals surface area contributed by atoms with Crippen LogP contribution in [-0.4, -0.2) is 59.9 Å². The Kier molecular flexibility index (Phi) is 9.95. The largest absolute Gasteiger partial charge is 0.385 e. The van der Waals surface area contributed by atoms with Crippen LogP contribution in [0.1, 0.15) is 54.2 Å². The summed E-state index contributed by atoms with van der Waals surface area (Å²) in [5, 5.41) is 1.13. The number of carbonyl (C=O) groups excluding carboxylic acids is 2. The molecule has 4 rings (SSSR count). The average molecular weight is 558 g/mol. The van der Waals surface area contributed by atoms with E-state index in [1.807, 2.05) is 24.4 Å². The molecule has 0 saturated heterocycles. The first-order valence-electron chi connectivity index (χ1n) is 14.1. The van der Waals surface area contributed by atoms with E-state index < -0.39 is 11.7 Å². The van der Waals surface area contributed by atoms with Crippen molar-refractivity contribution in [3.8, 4) is 0 Å². The van der Waals surface area contributed by atoms with Crippen LogP contribution < -0.4 is 0 Å². The number of aromatic nitrogens is 1. The van der Waals surface area contributed by atoms with Crippen LogP contribution in [0.25, 0.3) is 10.9 Å². The fourth-order valence-electron chi connectivity index (χ4n) is 4.94. The molecule has 0 aliphatic carbocycles. The Labute approximate surface area is 242 Å². The van der Waals surface area contributed by atoms with E-state index in [4.69, 9.17) is 4.74 Å². The number of aromatic amines is 1. The zero-order valence-corrected chi connectivity index (χ0v) is 24.5. The molecule has 0 aliphatic rings. The Bertz CT molecular complexity index is 1460. The Balaban J connectivity index is 1.57. The molecular weight excluding hydrogens is 517 g/mol. The molecule has 6 nitrogen and oxygen atoms in total. The van der Waals surface area contributed by atoms with E-state index in [1.54, 1.807) is 24.1 Å². The molecule has 7 heteroatoms. The number of rotatable bonds is 12. The number of hydrogen-bond acceptors (Lipinski definition) is 3. The Morgan fingerprint density at radius 3 is 2.32 bits per heavy atom. The fourth-order valence-corrected chi connectivity index (χ4v) is 4.94. The molecule has 2 amide bonds. The van der Waals surface area contributed by atoms with Crippen molar-refractivity contribution >= 4 is 22.7 Å². The zero-order chi connectivity index (χ0) is 29.4. The lowest BCUT2D eigenvalue weighted by atomic mass is 9.87. The molecule has 41 heavy (non-hydrogen) atoms. The van der Waals surface area contributed by atoms with Crippen molar-refractivity contribution in [3.63, 3.8) is 0 Å². The van der Waals surface area contributed by atoms with Gasteiger partial charge in [-0.15, -0.1) is 0 Å². The summed E-state index contributed by atoms with van der Waals surface area (Å²) in [5.74, 6) is -1.29. The second kappa shape index (κ2) is 13.6. The molecule has 0 unspecified atom stereocenters. The van der Waals surface area contributed by atoms with Gasteiger partial charge in [0, 0.05) is 50.5 Å². The SMILES string of the molecule is COCCCN(CC(=O)N(CCc1c[nH]c2ccccc12)Cc1ccc(C(C)(C)C)cc1)C(=O)c1ccccc1F. The van der Waals surface area contributed by atoms with E-state index in [0.717, 1.165) is 22.0 Å². The van der Waals surface area contributed by atoms with Crippen LogP contribution in [0.15, 0.2) is 79.0 Å². The topological polar surface area (TPSA) is 65.6 Å². The van der Waals surface area contributed by atoms with E-state index in [-0.39, 0.29) is 30.0 Å². The third-order valence-corrected chi connectivity index (χ3v) is 7.37. The van der Waals surface area contributed by atoms with E-state index in [2.05, 4.69) is 56.1 Å². The van der Waals surface area contributed by atoms with Gasteiger partial charge in [0.25, 0.3) is 5.91 Å². The molecular formula is C34H40FN3O3. The third-order valence-electron chi connectivity index (χ3n) is 7.37. The number of nitrogens with zero attached hydrogens (tertiary/aromatic N) is 2. The highest BCUT2D eigenvalue weighted by Crippen LogP contribution is 2.23. The predicted molar refractivity (Wildman–Crippen MR) is 161 cm³/mol. The molecule has 0 spiro atoms. The molecule has 0 saturated carbocycles. The van der Waals surface area contributed by atoms with Gasteiger partial charge in [0.1, 0.15) is 12.4 Å². The first-order valence-corrected chi connectivity index (χ1v) is 14.1. The zero-order valence-electron chi connectivity index (χ0n) is 24.5. The normalized spacial score (nSPS) is 11.5. The van der Waals surface area contributed by atoms with Crippen molar-refractivity contribution in [2.24, 2.45) is 0 Å². The number of hydrogen-bond donors (Lipinski definition) is 1. The highest BCUT2D eigenvalue weighted by molar-refractivity contribution is 5.96. The van der Waals surface area contributed by atoms with Gasteiger partial charge in [-0.1, -0.05) is 75.4 Å². The molecule has 0 bridgehead atoms. The van der Waals surface area contributed by atoms with Crippen molar-refractivity contribution in [3.05, 3.63) is 107 Å². The number of carbonyl (C=O) groups is 2. The summed E-state index contributed by atoms with van der Waals surface area (Å²) in [7, 11) is 1.59. The van der Waals surface area contributed by atoms with Crippen molar-refractivity contribution < 1.29 is 18.7 Å². The number of amides is 2. The number of fused-ring (bicyclic) bond motifs is 1. The molecule has 1 heterocycles. The van der Waals surface area contributed by atoms with Gasteiger partial charge in [-0.05, 0) is 53.1 Å². The number of ether oxygens (including phenoxy) is 1. The number of para-hydroxylation sites is 1. The first-order chi connectivity index (χ1) is 19.7. The maximum absolute atomic E-state index is 14.5. The number of methoxy groups -OCH3 is 1. The van der Waals surface area contributed by atoms with Crippen LogP contribution in [0, 0.1) is 5.82 Å². The molecule has 3 aromatic carbocycles. The second-order valence-electron chi connectivity index (χ2n) is 11.4. The fraction of sp³-hybridized carbons (Fsp3) is 0.353. The smallest absolute Gasteiger partial charge is 0.257 e. The molecule has 0 radical (unpaired) electrons. The summed E-state index contributed by atoms with van der Waals surface area (Å²) in [6, 6.07) is 22.3. The molecule has 4 aromatic rings. The summed E-state index contributed by atoms with van der Waals surface area (Å²) in [5.41, 5.74) is 4.40. The lowest BCUT2D eigenvalue weighted by Gasteiger charge is -2.28. The van der Waals surface area contributed by atoms with Crippen LogP contribution in [-0.2, 0) is 27.9 Å². The highest BCUT2D eigenvalue weighted by atomic mass is 19.1. The van der Waals surface area contributed by atoms with Gasteiger partial charge in [-0.2, -0.15) is 0 Å². The van der Waals surface area contributed by atoms with Crippen LogP contribution in [0.4, 0.5) is 4.39 Å². The Morgan fingerprint density at radius 2 is 1.61 bits per heavy atom. The maximum Gasteiger partial charge on any atom is 0.257 e. The van der Waals surface area contributed by atoms with Gasteiger partial charge in [-0.25, -0.2) is 4.39 Å². The van der Waals surface area contributed by atoms with Crippen molar-refractivity contribution in [2.45, 2.75) is 45.6 Å². The van der Waals surface area contributed by atoms with Gasteiger partial charge in [-0.3, -0.25) is 9.59 Å². The van der Waals surface area contributed by atoms with Gasteiger partial charge in [0.05, 0.1) is 5.56 Å². The lowest BCUT2D eigenvalue weighted by Crippen LogP contribution is -2.44. The van der Waals surface area contributed by atoms with Crippen LogP contribution in [0.3, 0.4) is 0 Å². The van der Waals surface area contributed by atoms with Crippen LogP contribution in [0.5, 0.6) is 0 Å². The maximum atomic E-state index is 14.5. The Morgan fingerprint density at radius 1 is 0.902 bits per heavy atom. The second-order valence-corrected chi connectivity index (χ2v) is 11.4. The predicted octanol–water partition coefficient (Wildman–Crippen LogP) is 6.35. The van der Waals surface area contributed by atoms with Crippen molar-refractivity contribution in [1.29, 1.82) is 0 Å². The molecule has 1 N–H and O–H groups in total. The highest BCUT2D eigenvalue weighted by Gasteiger charge is 2.24. The van der Waals surface area contributed by atoms with Crippen molar-refractivity contribution in [1.82, 2.24) is 14.8 Å². The van der Waals surface area contributed by atoms with Gasteiger partial charge >= 0.3 is 0 Å². The minimum absolute atomic E-state index is 0.0269. The van der Waals surface area contributed by atoms with Crippen LogP contribution >= 0.6 is 0 Å². The minimum atomic E-state index is -0.600. The third kappa shape index (κ3) is 7.82. The summed E-state index contributed by atoms with van der Waals surface area (Å²) in [6.07, 6.45) is 3.18. The quantitative estimate of drug-likeness (QED) is 0.206. The van der Waals surface area contributed by atoms with Crippen molar-refractivity contribution in [2.75, 3.05) is 33.4 Å². The Hall–Kier alpha value is -3.97. The summed E-state index contributed by atoms with van der Waals surface area (Å²) >= 11 is 0. The van der Waals surface area contributed by atoms with E-state index >= 15 is 0 Å². The van der Waals surface area contributed by atoms with E-state index in [9.17, 15) is 14.0 Å². The molecule has 216 valence electrons. The van der Waals surface area contributed by atoms with Gasteiger partial charge < -0.3 is 19.5 Å². The molecule has 1 aromatic heterocycles. The van der Waals surface area contributed by atoms with E-state index in [1.165, 1.54) is 22.6 Å². The molecule has 0 atom stereocenters. The minimum Gasteiger partial charge on any atom is -0.385 e. The lowest BCUT2D eigenvalue weighted by molar-refractivity contribution is -0.132. The summed E-state index contributed by atoms with van der Waals surface area (Å²) in [6.45, 7) is 7.96. The number of H-pyrrole nitrogens is 1. The van der Waals surface area contributed by atoms with E-state index in [0.29, 0.717) is 32.5 Å². The summed E-state index contributed by atoms with van der Waals surface area (Å²) < 4.78 is 19.7. The number of nitrogens with one attached hydrogen (secondary N) is 1. The molecule has 0 fully saturated rings. The first kappa shape index (κ1) is 30.0. The standard InChI is InChI=1S/C34H40FN3O3/c1-34(2,3)27-16-14-25(15-17-27)23-37(20-18-26-22-36-31-13-8-6-10-28(26)31)32(39)24-38(19-9-21-41-4)33(40)29-11-5-7-12-30(29)35/h5-8,10-17,22,36H,9,18-21,23-24H2,1-4H3.